The normalized spacial score (nSPS) is 18.5. The molecular weight excluding hydrogens is 401 g/mol. The lowest BCUT2D eigenvalue weighted by Gasteiger charge is -2.28. The number of carbonyl (C=O) groups excluding carboxylic acids is 3. The van der Waals surface area contributed by atoms with Gasteiger partial charge in [0, 0.05) is 42.2 Å². The largest absolute Gasteiger partial charge is 0.357 e. The maximum atomic E-state index is 13.4. The smallest absolute Gasteiger partial charge is 0.277 e. The highest BCUT2D eigenvalue weighted by Gasteiger charge is 2.48. The Morgan fingerprint density at radius 1 is 1.16 bits per heavy atom. The van der Waals surface area contributed by atoms with Gasteiger partial charge in [-0.3, -0.25) is 24.3 Å². The fourth-order valence-corrected chi connectivity index (χ4v) is 4.05. The fraction of sp³-hybridized carbons (Fsp3) is 0.318. The molecule has 8 nitrogen and oxygen atoms in total. The summed E-state index contributed by atoms with van der Waals surface area (Å²) in [5, 5.41) is 2.71. The number of carbonyl (C=O) groups is 3. The molecule has 3 aliphatic rings. The maximum Gasteiger partial charge on any atom is 0.277 e. The van der Waals surface area contributed by atoms with Gasteiger partial charge in [0.25, 0.3) is 11.8 Å². The van der Waals surface area contributed by atoms with Gasteiger partial charge in [-0.2, -0.15) is 0 Å². The molecule has 0 radical (unpaired) electrons. The lowest BCUT2D eigenvalue weighted by molar-refractivity contribution is -0.138. The molecule has 31 heavy (non-hydrogen) atoms. The van der Waals surface area contributed by atoms with E-state index in [1.807, 2.05) is 0 Å². The molecule has 0 atom stereocenters. The van der Waals surface area contributed by atoms with Gasteiger partial charge in [0.1, 0.15) is 17.3 Å². The van der Waals surface area contributed by atoms with Crippen LogP contribution in [0.5, 0.6) is 0 Å². The van der Waals surface area contributed by atoms with Crippen molar-refractivity contribution in [2.75, 3.05) is 18.4 Å². The summed E-state index contributed by atoms with van der Waals surface area (Å²) in [5.41, 5.74) is 1.97. The van der Waals surface area contributed by atoms with Crippen molar-refractivity contribution in [1.29, 1.82) is 0 Å². The van der Waals surface area contributed by atoms with Gasteiger partial charge in [0.05, 0.1) is 12.2 Å². The molecule has 0 unspecified atom stereocenters. The first kappa shape index (κ1) is 19.3. The molecule has 5 rings (SSSR count). The van der Waals surface area contributed by atoms with Crippen molar-refractivity contribution in [3.05, 3.63) is 53.7 Å². The Kier molecular flexibility index (Phi) is 4.72. The van der Waals surface area contributed by atoms with Crippen LogP contribution in [-0.4, -0.2) is 56.6 Å². The van der Waals surface area contributed by atoms with Crippen molar-refractivity contribution in [3.63, 3.8) is 0 Å². The fourth-order valence-electron chi connectivity index (χ4n) is 4.05. The topological polar surface area (TPSA) is 95.5 Å². The van der Waals surface area contributed by atoms with Crippen molar-refractivity contribution >= 4 is 23.5 Å². The molecule has 2 aliphatic heterocycles. The zero-order valence-electron chi connectivity index (χ0n) is 16.7. The molecular formula is C22H20FN5O3. The van der Waals surface area contributed by atoms with E-state index in [4.69, 9.17) is 0 Å². The standard InChI is InChI=1S/C22H20FN5O3/c23-14-7-8-24-17(10-14)13-3-6-18(25-11-13)26-19(29)12-27-9-1-2-16-20(27)22(31)28(21(16)30)15-4-5-15/h3,6-8,10-11,15H,1-2,4-5,9,12H2,(H,25,26,29). The lowest BCUT2D eigenvalue weighted by atomic mass is 10.0. The zero-order valence-corrected chi connectivity index (χ0v) is 16.7. The minimum atomic E-state index is -0.391. The van der Waals surface area contributed by atoms with E-state index in [1.54, 1.807) is 17.0 Å². The highest BCUT2D eigenvalue weighted by Crippen LogP contribution is 2.38. The van der Waals surface area contributed by atoms with E-state index in [2.05, 4.69) is 15.3 Å². The van der Waals surface area contributed by atoms with Gasteiger partial charge >= 0.3 is 0 Å². The maximum absolute atomic E-state index is 13.4. The van der Waals surface area contributed by atoms with Gasteiger partial charge in [-0.25, -0.2) is 9.37 Å². The summed E-state index contributed by atoms with van der Waals surface area (Å²) in [6, 6.07) is 5.89. The van der Waals surface area contributed by atoms with Crippen LogP contribution in [0.15, 0.2) is 47.9 Å². The minimum absolute atomic E-state index is 0.0107. The van der Waals surface area contributed by atoms with Crippen molar-refractivity contribution in [2.24, 2.45) is 0 Å². The molecule has 0 saturated heterocycles. The molecule has 1 saturated carbocycles. The number of imide groups is 1. The third kappa shape index (κ3) is 3.67. The third-order valence-electron chi connectivity index (χ3n) is 5.65. The quantitative estimate of drug-likeness (QED) is 0.743. The summed E-state index contributed by atoms with van der Waals surface area (Å²) in [6.45, 7) is 0.507. The van der Waals surface area contributed by atoms with Crippen molar-refractivity contribution < 1.29 is 18.8 Å². The first-order valence-corrected chi connectivity index (χ1v) is 10.2. The summed E-state index contributed by atoms with van der Waals surface area (Å²) < 4.78 is 13.4. The third-order valence-corrected chi connectivity index (χ3v) is 5.65. The Morgan fingerprint density at radius 2 is 2.00 bits per heavy atom. The molecule has 1 N–H and O–H groups in total. The zero-order chi connectivity index (χ0) is 21.5. The number of amides is 3. The molecule has 1 aliphatic carbocycles. The highest BCUT2D eigenvalue weighted by molar-refractivity contribution is 6.19. The van der Waals surface area contributed by atoms with Gasteiger partial charge in [-0.15, -0.1) is 0 Å². The summed E-state index contributed by atoms with van der Waals surface area (Å²) in [4.78, 5) is 49.4. The van der Waals surface area contributed by atoms with Crippen LogP contribution in [0.2, 0.25) is 0 Å². The Labute approximate surface area is 177 Å². The number of halogens is 1. The predicted octanol–water partition coefficient (Wildman–Crippen LogP) is 2.10. The van der Waals surface area contributed by atoms with E-state index in [9.17, 15) is 18.8 Å². The van der Waals surface area contributed by atoms with Crippen LogP contribution < -0.4 is 5.32 Å². The average molecular weight is 421 g/mol. The van der Waals surface area contributed by atoms with Gasteiger partial charge in [-0.05, 0) is 43.9 Å². The van der Waals surface area contributed by atoms with Crippen LogP contribution in [-0.2, 0) is 14.4 Å². The molecule has 3 amide bonds. The van der Waals surface area contributed by atoms with E-state index < -0.39 is 5.82 Å². The van der Waals surface area contributed by atoms with E-state index in [1.165, 1.54) is 29.4 Å². The molecule has 9 heteroatoms. The van der Waals surface area contributed by atoms with Gasteiger partial charge < -0.3 is 10.2 Å². The second-order valence-electron chi connectivity index (χ2n) is 7.90. The summed E-state index contributed by atoms with van der Waals surface area (Å²) >= 11 is 0. The van der Waals surface area contributed by atoms with E-state index in [0.717, 1.165) is 19.3 Å². The molecule has 2 aromatic heterocycles. The first-order chi connectivity index (χ1) is 15.0. The summed E-state index contributed by atoms with van der Waals surface area (Å²) in [6.07, 6.45) is 5.87. The van der Waals surface area contributed by atoms with E-state index in [0.29, 0.717) is 41.3 Å². The van der Waals surface area contributed by atoms with E-state index >= 15 is 0 Å². The lowest BCUT2D eigenvalue weighted by Crippen LogP contribution is -2.40. The van der Waals surface area contributed by atoms with Crippen LogP contribution in [0, 0.1) is 5.82 Å². The number of nitrogens with zero attached hydrogens (tertiary/aromatic N) is 4. The average Bonchev–Trinajstić information content (AvgIpc) is 3.55. The first-order valence-electron chi connectivity index (χ1n) is 10.2. The number of pyridine rings is 2. The van der Waals surface area contributed by atoms with Crippen LogP contribution >= 0.6 is 0 Å². The monoisotopic (exact) mass is 421 g/mol. The van der Waals surface area contributed by atoms with Crippen LogP contribution in [0.25, 0.3) is 11.3 Å². The molecule has 4 heterocycles. The molecule has 1 fully saturated rings. The Morgan fingerprint density at radius 3 is 2.71 bits per heavy atom. The predicted molar refractivity (Wildman–Crippen MR) is 109 cm³/mol. The molecule has 0 spiro atoms. The van der Waals surface area contributed by atoms with Gasteiger partial charge in [0.15, 0.2) is 0 Å². The number of hydrogen-bond donors (Lipinski definition) is 1. The van der Waals surface area contributed by atoms with Crippen molar-refractivity contribution in [1.82, 2.24) is 19.8 Å². The number of rotatable bonds is 5. The van der Waals surface area contributed by atoms with Crippen LogP contribution in [0.3, 0.4) is 0 Å². The number of anilines is 1. The van der Waals surface area contributed by atoms with E-state index in [-0.39, 0.29) is 30.3 Å². The molecule has 2 aromatic rings. The van der Waals surface area contributed by atoms with Crippen LogP contribution in [0.4, 0.5) is 10.2 Å². The Balaban J connectivity index is 1.26. The van der Waals surface area contributed by atoms with Gasteiger partial charge in [-0.1, -0.05) is 0 Å². The van der Waals surface area contributed by atoms with Crippen LogP contribution in [0.1, 0.15) is 25.7 Å². The molecule has 0 bridgehead atoms. The van der Waals surface area contributed by atoms with Crippen molar-refractivity contribution in [3.8, 4) is 11.3 Å². The SMILES string of the molecule is O=C(CN1CCCC2=C1C(=O)N(C1CC1)C2=O)Nc1ccc(-c2cc(F)ccn2)cn1. The second kappa shape index (κ2) is 7.57. The van der Waals surface area contributed by atoms with Gasteiger partial charge in [0.2, 0.25) is 5.91 Å². The summed E-state index contributed by atoms with van der Waals surface area (Å²) in [5.74, 6) is -0.860. The second-order valence-corrected chi connectivity index (χ2v) is 7.90. The molecule has 158 valence electrons. The summed E-state index contributed by atoms with van der Waals surface area (Å²) in [7, 11) is 0. The number of hydrogen-bond acceptors (Lipinski definition) is 6. The minimum Gasteiger partial charge on any atom is -0.357 e. The number of aromatic nitrogens is 2. The molecule has 0 aromatic carbocycles. The van der Waals surface area contributed by atoms with Crippen molar-refractivity contribution in [2.45, 2.75) is 31.7 Å². The Bertz CT molecular complexity index is 1110. The Hall–Kier alpha value is -3.62. The number of nitrogens with one attached hydrogen (secondary N) is 1. The highest BCUT2D eigenvalue weighted by atomic mass is 19.1.